The largest absolute Gasteiger partial charge is 0.370 e. The fourth-order valence-corrected chi connectivity index (χ4v) is 2.74. The second-order valence-corrected chi connectivity index (χ2v) is 5.96. The van der Waals surface area contributed by atoms with Crippen LogP contribution in [-0.2, 0) is 19.1 Å². The lowest BCUT2D eigenvalue weighted by atomic mass is 10.1. The van der Waals surface area contributed by atoms with Crippen LogP contribution in [0.4, 0.5) is 11.4 Å². The Morgan fingerprint density at radius 3 is 2.65 bits per heavy atom. The van der Waals surface area contributed by atoms with Crippen molar-refractivity contribution in [1.82, 2.24) is 5.73 Å². The molecular weight excluding hydrogens is 298 g/mol. The summed E-state index contributed by atoms with van der Waals surface area (Å²) < 4.78 is 5.12. The molecule has 1 saturated heterocycles. The highest BCUT2D eigenvalue weighted by molar-refractivity contribution is 6.12. The molecule has 3 rings (SSSR count). The number of aryl methyl sites for hydroxylation is 1. The molecule has 0 bridgehead atoms. The van der Waals surface area contributed by atoms with E-state index in [1.807, 2.05) is 6.92 Å². The quantitative estimate of drug-likeness (QED) is 0.834. The molecule has 2 N–H and O–H groups in total. The molecule has 0 atom stereocenters. The average Bonchev–Trinajstić information content (AvgIpc) is 3.30. The minimum absolute atomic E-state index is 0.0755. The van der Waals surface area contributed by atoms with E-state index in [1.54, 1.807) is 23.1 Å². The van der Waals surface area contributed by atoms with Gasteiger partial charge in [0.2, 0.25) is 5.91 Å². The Kier molecular flexibility index (Phi) is 3.81. The van der Waals surface area contributed by atoms with Crippen molar-refractivity contribution in [3.05, 3.63) is 23.8 Å². The fourth-order valence-electron chi connectivity index (χ4n) is 2.74. The topological polar surface area (TPSA) is 99.5 Å². The molecule has 7 nitrogen and oxygen atoms in total. The van der Waals surface area contributed by atoms with Gasteiger partial charge < -0.3 is 15.0 Å². The van der Waals surface area contributed by atoms with Gasteiger partial charge in [-0.25, -0.2) is 0 Å². The molecule has 1 saturated carbocycles. The molecule has 1 radical (unpaired) electrons. The Hall–Kier alpha value is -2.41. The van der Waals surface area contributed by atoms with E-state index in [9.17, 15) is 14.4 Å². The highest BCUT2D eigenvalue weighted by atomic mass is 16.5. The van der Waals surface area contributed by atoms with Gasteiger partial charge >= 0.3 is 0 Å². The number of morpholine rings is 1. The molecule has 0 aromatic heterocycles. The van der Waals surface area contributed by atoms with Crippen molar-refractivity contribution >= 4 is 29.1 Å². The van der Waals surface area contributed by atoms with Crippen molar-refractivity contribution < 1.29 is 19.1 Å². The highest BCUT2D eigenvalue weighted by Crippen LogP contribution is 2.46. The van der Waals surface area contributed by atoms with Gasteiger partial charge in [-0.1, -0.05) is 0 Å². The lowest BCUT2D eigenvalue weighted by molar-refractivity contribution is -0.132. The number of carbonyl (C=O) groups excluding carboxylic acids is 3. The van der Waals surface area contributed by atoms with Crippen LogP contribution in [0.5, 0.6) is 0 Å². The fraction of sp³-hybridized carbons (Fsp3) is 0.438. The third-order valence-electron chi connectivity index (χ3n) is 4.35. The molecule has 7 heteroatoms. The Labute approximate surface area is 133 Å². The van der Waals surface area contributed by atoms with Crippen LogP contribution in [-0.4, -0.2) is 37.5 Å². The number of amides is 3. The number of rotatable bonds is 4. The van der Waals surface area contributed by atoms with Crippen LogP contribution < -0.4 is 16.0 Å². The minimum Gasteiger partial charge on any atom is -0.370 e. The molecule has 121 valence electrons. The number of anilines is 2. The van der Waals surface area contributed by atoms with Crippen LogP contribution in [0.15, 0.2) is 18.2 Å². The van der Waals surface area contributed by atoms with E-state index in [-0.39, 0.29) is 12.5 Å². The predicted octanol–water partition coefficient (Wildman–Crippen LogP) is 0.886. The summed E-state index contributed by atoms with van der Waals surface area (Å²) in [7, 11) is 0. The maximum atomic E-state index is 12.2. The summed E-state index contributed by atoms with van der Waals surface area (Å²) in [5.74, 6) is -1.35. The lowest BCUT2D eigenvalue weighted by Gasteiger charge is -2.28. The van der Waals surface area contributed by atoms with E-state index < -0.39 is 17.2 Å². The number of hydrogen-bond acceptors (Lipinski definition) is 4. The van der Waals surface area contributed by atoms with Gasteiger partial charge in [0.25, 0.3) is 11.8 Å². The van der Waals surface area contributed by atoms with E-state index in [1.165, 1.54) is 0 Å². The summed E-state index contributed by atoms with van der Waals surface area (Å²) in [6.45, 7) is 2.93. The van der Waals surface area contributed by atoms with Crippen LogP contribution in [0.25, 0.3) is 0 Å². The first-order valence-electron chi connectivity index (χ1n) is 7.50. The van der Waals surface area contributed by atoms with Crippen LogP contribution in [0, 0.1) is 12.3 Å². The molecule has 1 aromatic rings. The highest BCUT2D eigenvalue weighted by Gasteiger charge is 2.55. The SMILES string of the molecule is Cc1cc(NC(=O)C2(C([NH])=O)CC2)ccc1N1CCOCC1=O. The molecule has 0 unspecified atom stereocenters. The van der Waals surface area contributed by atoms with Gasteiger partial charge in [0, 0.05) is 17.9 Å². The number of benzene rings is 1. The summed E-state index contributed by atoms with van der Waals surface area (Å²) in [6, 6.07) is 5.24. The Bertz CT molecular complexity index is 682. The summed E-state index contributed by atoms with van der Waals surface area (Å²) in [6.07, 6.45) is 0.862. The molecule has 2 fully saturated rings. The van der Waals surface area contributed by atoms with Crippen molar-refractivity contribution in [2.75, 3.05) is 30.0 Å². The molecule has 1 aliphatic heterocycles. The van der Waals surface area contributed by atoms with Gasteiger partial charge in [0.05, 0.1) is 6.61 Å². The molecular formula is C16H18N3O4. The number of nitrogens with zero attached hydrogens (tertiary/aromatic N) is 1. The zero-order chi connectivity index (χ0) is 16.6. The second-order valence-electron chi connectivity index (χ2n) is 5.96. The van der Waals surface area contributed by atoms with Crippen molar-refractivity contribution in [2.45, 2.75) is 19.8 Å². The predicted molar refractivity (Wildman–Crippen MR) is 82.8 cm³/mol. The Morgan fingerprint density at radius 2 is 2.09 bits per heavy atom. The smallest absolute Gasteiger partial charge is 0.254 e. The standard InChI is InChI=1S/C16H18N3O4/c1-10-8-11(18-15(22)16(4-5-16)14(17)21)2-3-12(10)19-6-7-23-9-13(19)20/h2-3,8,17H,4-7,9H2,1H3,(H,18,22). The van der Waals surface area contributed by atoms with Crippen LogP contribution in [0.1, 0.15) is 18.4 Å². The van der Waals surface area contributed by atoms with E-state index in [0.717, 1.165) is 11.3 Å². The van der Waals surface area contributed by atoms with Gasteiger partial charge in [-0.2, -0.15) is 0 Å². The molecule has 1 aromatic carbocycles. The van der Waals surface area contributed by atoms with Crippen molar-refractivity contribution in [2.24, 2.45) is 5.41 Å². The third kappa shape index (κ3) is 2.79. The summed E-state index contributed by atoms with van der Waals surface area (Å²) in [4.78, 5) is 37.0. The molecule has 3 amide bonds. The average molecular weight is 316 g/mol. The van der Waals surface area contributed by atoms with Gasteiger partial charge in [0.15, 0.2) is 0 Å². The monoisotopic (exact) mass is 316 g/mol. The van der Waals surface area contributed by atoms with Crippen molar-refractivity contribution in [1.29, 1.82) is 0 Å². The normalized spacial score (nSPS) is 19.3. The first-order chi connectivity index (χ1) is 10.9. The van der Waals surface area contributed by atoms with Gasteiger partial charge in [-0.15, -0.1) is 0 Å². The molecule has 1 heterocycles. The first kappa shape index (κ1) is 15.5. The third-order valence-corrected chi connectivity index (χ3v) is 4.35. The van der Waals surface area contributed by atoms with Gasteiger partial charge in [-0.05, 0) is 43.5 Å². The van der Waals surface area contributed by atoms with E-state index >= 15 is 0 Å². The van der Waals surface area contributed by atoms with Crippen molar-refractivity contribution in [3.8, 4) is 0 Å². The van der Waals surface area contributed by atoms with E-state index in [4.69, 9.17) is 10.5 Å². The van der Waals surface area contributed by atoms with Crippen molar-refractivity contribution in [3.63, 3.8) is 0 Å². The zero-order valence-electron chi connectivity index (χ0n) is 12.8. The molecule has 1 aliphatic carbocycles. The Morgan fingerprint density at radius 1 is 1.35 bits per heavy atom. The Balaban J connectivity index is 1.76. The number of carbonyl (C=O) groups is 3. The van der Waals surface area contributed by atoms with E-state index in [0.29, 0.717) is 31.7 Å². The van der Waals surface area contributed by atoms with Crippen LogP contribution >= 0.6 is 0 Å². The maximum absolute atomic E-state index is 12.2. The molecule has 23 heavy (non-hydrogen) atoms. The molecule has 2 aliphatic rings. The first-order valence-corrected chi connectivity index (χ1v) is 7.50. The summed E-state index contributed by atoms with van der Waals surface area (Å²) in [5, 5.41) is 2.70. The van der Waals surface area contributed by atoms with E-state index in [2.05, 4.69) is 5.32 Å². The van der Waals surface area contributed by atoms with Crippen LogP contribution in [0.2, 0.25) is 0 Å². The van der Waals surface area contributed by atoms with Gasteiger partial charge in [-0.3, -0.25) is 20.1 Å². The summed E-state index contributed by atoms with van der Waals surface area (Å²) >= 11 is 0. The minimum atomic E-state index is -1.16. The van der Waals surface area contributed by atoms with Gasteiger partial charge in [0.1, 0.15) is 12.0 Å². The zero-order valence-corrected chi connectivity index (χ0v) is 12.8. The number of nitrogens with one attached hydrogen (secondary N) is 2. The summed E-state index contributed by atoms with van der Waals surface area (Å²) in [5.41, 5.74) is 8.25. The van der Waals surface area contributed by atoms with Crippen LogP contribution in [0.3, 0.4) is 0 Å². The molecule has 0 spiro atoms. The number of ether oxygens (including phenoxy) is 1. The lowest BCUT2D eigenvalue weighted by Crippen LogP contribution is -2.42. The number of hydrogen-bond donors (Lipinski definition) is 1. The second kappa shape index (κ2) is 5.66. The maximum Gasteiger partial charge on any atom is 0.254 e.